The van der Waals surface area contributed by atoms with Crippen LogP contribution < -0.4 is 4.74 Å². The highest BCUT2D eigenvalue weighted by atomic mass is 16.6. The van der Waals surface area contributed by atoms with Crippen LogP contribution in [0.2, 0.25) is 0 Å². The molecule has 0 atom stereocenters. The molecule has 0 fully saturated rings. The summed E-state index contributed by atoms with van der Waals surface area (Å²) >= 11 is 0. The minimum Gasteiger partial charge on any atom is -0.425 e. The van der Waals surface area contributed by atoms with E-state index in [0.717, 1.165) is 5.56 Å². The molecule has 1 aromatic carbocycles. The summed E-state index contributed by atoms with van der Waals surface area (Å²) in [6.07, 6.45) is 0. The Hall–Kier alpha value is -2.70. The van der Waals surface area contributed by atoms with Crippen LogP contribution in [0.1, 0.15) is 17.0 Å². The molecule has 1 heterocycles. The predicted octanol–water partition coefficient (Wildman–Crippen LogP) is 2.32. The first kappa shape index (κ1) is 14.7. The van der Waals surface area contributed by atoms with E-state index in [4.69, 9.17) is 4.74 Å². The molecule has 21 heavy (non-hydrogen) atoms. The third-order valence-electron chi connectivity index (χ3n) is 3.06. The van der Waals surface area contributed by atoms with Crippen molar-refractivity contribution >= 4 is 11.7 Å². The number of nitrogens with zero attached hydrogens (tertiary/aromatic N) is 3. The van der Waals surface area contributed by atoms with Gasteiger partial charge < -0.3 is 4.74 Å². The molecule has 0 aliphatic rings. The number of carbonyl (C=O) groups is 1. The highest BCUT2D eigenvalue weighted by Crippen LogP contribution is 2.21. The first-order chi connectivity index (χ1) is 9.88. The van der Waals surface area contributed by atoms with Crippen LogP contribution in [-0.4, -0.2) is 20.7 Å². The zero-order chi connectivity index (χ0) is 15.6. The molecule has 2 aromatic rings. The van der Waals surface area contributed by atoms with E-state index in [2.05, 4.69) is 5.10 Å². The quantitative estimate of drug-likeness (QED) is 0.373. The number of aromatic nitrogens is 2. The second-order valence-corrected chi connectivity index (χ2v) is 4.72. The monoisotopic (exact) mass is 289 g/mol. The molecule has 0 saturated carbocycles. The molecule has 0 aliphatic carbocycles. The van der Waals surface area contributed by atoms with Crippen LogP contribution in [0.25, 0.3) is 0 Å². The van der Waals surface area contributed by atoms with Crippen LogP contribution >= 0.6 is 0 Å². The number of ether oxygens (including phenoxy) is 1. The Kier molecular flexibility index (Phi) is 4.02. The molecule has 7 heteroatoms. The van der Waals surface area contributed by atoms with Gasteiger partial charge in [-0.1, -0.05) is 17.7 Å². The molecule has 0 radical (unpaired) electrons. The first-order valence-electron chi connectivity index (χ1n) is 6.34. The van der Waals surface area contributed by atoms with E-state index in [0.29, 0.717) is 11.4 Å². The lowest BCUT2D eigenvalue weighted by Gasteiger charge is -2.05. The molecule has 0 N–H and O–H groups in total. The van der Waals surface area contributed by atoms with Gasteiger partial charge in [0.25, 0.3) is 0 Å². The lowest BCUT2D eigenvalue weighted by atomic mass is 10.2. The SMILES string of the molecule is Cc1ccc(OC(=O)Cn2nc(C)c([N+](=O)[O-])c2C)cc1. The van der Waals surface area contributed by atoms with Crippen molar-refractivity contribution in [2.45, 2.75) is 27.3 Å². The van der Waals surface area contributed by atoms with Crippen molar-refractivity contribution in [1.29, 1.82) is 0 Å². The zero-order valence-electron chi connectivity index (χ0n) is 12.0. The first-order valence-corrected chi connectivity index (χ1v) is 6.34. The molecular formula is C14H15N3O4. The molecule has 0 amide bonds. The zero-order valence-corrected chi connectivity index (χ0v) is 12.0. The molecule has 1 aromatic heterocycles. The fourth-order valence-corrected chi connectivity index (χ4v) is 2.00. The normalized spacial score (nSPS) is 10.4. The van der Waals surface area contributed by atoms with Gasteiger partial charge in [-0.25, -0.2) is 4.79 Å². The number of hydrogen-bond donors (Lipinski definition) is 0. The summed E-state index contributed by atoms with van der Waals surface area (Å²) in [6.45, 7) is 4.85. The van der Waals surface area contributed by atoms with Crippen molar-refractivity contribution in [2.24, 2.45) is 0 Å². The van der Waals surface area contributed by atoms with Gasteiger partial charge in [0, 0.05) is 0 Å². The van der Waals surface area contributed by atoms with Gasteiger partial charge in [-0.05, 0) is 32.9 Å². The molecule has 2 rings (SSSR count). The second-order valence-electron chi connectivity index (χ2n) is 4.72. The Morgan fingerprint density at radius 1 is 1.29 bits per heavy atom. The molecule has 0 unspecified atom stereocenters. The van der Waals surface area contributed by atoms with E-state index in [1.54, 1.807) is 19.1 Å². The van der Waals surface area contributed by atoms with Gasteiger partial charge in [-0.3, -0.25) is 14.8 Å². The number of benzene rings is 1. The second kappa shape index (κ2) is 5.74. The lowest BCUT2D eigenvalue weighted by Crippen LogP contribution is -2.18. The van der Waals surface area contributed by atoms with Gasteiger partial charge in [-0.2, -0.15) is 5.10 Å². The number of esters is 1. The standard InChI is InChI=1S/C14H15N3O4/c1-9-4-6-12(7-5-9)21-13(18)8-16-11(3)14(17(19)20)10(2)15-16/h4-7H,8H2,1-3H3. The highest BCUT2D eigenvalue weighted by molar-refractivity contribution is 5.72. The number of nitro groups is 1. The van der Waals surface area contributed by atoms with E-state index in [1.807, 2.05) is 19.1 Å². The summed E-state index contributed by atoms with van der Waals surface area (Å²) in [5, 5.41) is 14.9. The number of carbonyl (C=O) groups excluding carboxylic acids is 1. The topological polar surface area (TPSA) is 87.3 Å². The maximum Gasteiger partial charge on any atom is 0.333 e. The van der Waals surface area contributed by atoms with Crippen LogP contribution in [0.3, 0.4) is 0 Å². The van der Waals surface area contributed by atoms with E-state index < -0.39 is 10.9 Å². The highest BCUT2D eigenvalue weighted by Gasteiger charge is 2.23. The summed E-state index contributed by atoms with van der Waals surface area (Å²) in [5.74, 6) is -0.0963. The molecule has 0 bridgehead atoms. The fraction of sp³-hybridized carbons (Fsp3) is 0.286. The molecule has 0 spiro atoms. The van der Waals surface area contributed by atoms with E-state index in [9.17, 15) is 14.9 Å². The predicted molar refractivity (Wildman–Crippen MR) is 75.2 cm³/mol. The number of rotatable bonds is 4. The molecular weight excluding hydrogens is 274 g/mol. The van der Waals surface area contributed by atoms with Crippen LogP contribution in [-0.2, 0) is 11.3 Å². The van der Waals surface area contributed by atoms with E-state index in [1.165, 1.54) is 11.6 Å². The maximum absolute atomic E-state index is 11.9. The summed E-state index contributed by atoms with van der Waals surface area (Å²) < 4.78 is 6.45. The minimum atomic E-state index is -0.528. The van der Waals surface area contributed by atoms with Gasteiger partial charge in [-0.15, -0.1) is 0 Å². The average molecular weight is 289 g/mol. The molecule has 110 valence electrons. The van der Waals surface area contributed by atoms with Gasteiger partial charge in [0.1, 0.15) is 23.7 Å². The minimum absolute atomic E-state index is 0.0712. The molecule has 0 saturated heterocycles. The van der Waals surface area contributed by atoms with Crippen molar-refractivity contribution in [1.82, 2.24) is 9.78 Å². The van der Waals surface area contributed by atoms with Gasteiger partial charge in [0.15, 0.2) is 0 Å². The van der Waals surface area contributed by atoms with E-state index in [-0.39, 0.29) is 17.9 Å². The third-order valence-corrected chi connectivity index (χ3v) is 3.06. The van der Waals surface area contributed by atoms with E-state index >= 15 is 0 Å². The van der Waals surface area contributed by atoms with Crippen LogP contribution in [0.5, 0.6) is 5.75 Å². The van der Waals surface area contributed by atoms with Crippen LogP contribution in [0.4, 0.5) is 5.69 Å². The average Bonchev–Trinajstić information content (AvgIpc) is 2.67. The summed E-state index contributed by atoms with van der Waals surface area (Å²) in [5.41, 5.74) is 1.60. The van der Waals surface area contributed by atoms with Crippen LogP contribution in [0, 0.1) is 30.9 Å². The van der Waals surface area contributed by atoms with Gasteiger partial charge in [0.2, 0.25) is 0 Å². The molecule has 7 nitrogen and oxygen atoms in total. The lowest BCUT2D eigenvalue weighted by molar-refractivity contribution is -0.386. The Labute approximate surface area is 121 Å². The summed E-state index contributed by atoms with van der Waals surface area (Å²) in [6, 6.07) is 7.04. The Morgan fingerprint density at radius 2 is 1.90 bits per heavy atom. The smallest absolute Gasteiger partial charge is 0.333 e. The van der Waals surface area contributed by atoms with Crippen molar-refractivity contribution in [3.8, 4) is 5.75 Å². The third kappa shape index (κ3) is 3.25. The fourth-order valence-electron chi connectivity index (χ4n) is 2.00. The maximum atomic E-state index is 11.9. The summed E-state index contributed by atoms with van der Waals surface area (Å²) in [4.78, 5) is 22.3. The van der Waals surface area contributed by atoms with Gasteiger partial charge in [0.05, 0.1) is 4.92 Å². The van der Waals surface area contributed by atoms with Crippen LogP contribution in [0.15, 0.2) is 24.3 Å². The Balaban J connectivity index is 2.11. The largest absolute Gasteiger partial charge is 0.425 e. The van der Waals surface area contributed by atoms with Crippen molar-refractivity contribution in [2.75, 3.05) is 0 Å². The molecule has 0 aliphatic heterocycles. The van der Waals surface area contributed by atoms with Crippen molar-refractivity contribution < 1.29 is 14.5 Å². The van der Waals surface area contributed by atoms with Gasteiger partial charge >= 0.3 is 11.7 Å². The number of hydrogen-bond acceptors (Lipinski definition) is 5. The van der Waals surface area contributed by atoms with Crippen molar-refractivity contribution in [3.05, 3.63) is 51.3 Å². The van der Waals surface area contributed by atoms with Crippen molar-refractivity contribution in [3.63, 3.8) is 0 Å². The number of aryl methyl sites for hydroxylation is 2. The Bertz CT molecular complexity index is 689. The Morgan fingerprint density at radius 3 is 2.43 bits per heavy atom. The summed E-state index contributed by atoms with van der Waals surface area (Å²) in [7, 11) is 0.